The van der Waals surface area contributed by atoms with E-state index >= 15 is 0 Å². The van der Waals surface area contributed by atoms with Crippen molar-refractivity contribution in [1.29, 1.82) is 0 Å². The van der Waals surface area contributed by atoms with Gasteiger partial charge in [0.05, 0.1) is 5.75 Å². The minimum absolute atomic E-state index is 0.0920. The minimum atomic E-state index is -3.33. The zero-order valence-corrected chi connectivity index (χ0v) is 14.8. The van der Waals surface area contributed by atoms with Crippen LogP contribution in [0.3, 0.4) is 0 Å². The van der Waals surface area contributed by atoms with Gasteiger partial charge < -0.3 is 4.90 Å². The number of hydrogen-bond donors (Lipinski definition) is 2. The van der Waals surface area contributed by atoms with Crippen molar-refractivity contribution >= 4 is 21.9 Å². The molecule has 9 heteroatoms. The molecule has 24 heavy (non-hydrogen) atoms. The van der Waals surface area contributed by atoms with Crippen molar-refractivity contribution in [2.24, 2.45) is 0 Å². The Morgan fingerprint density at radius 2 is 2.17 bits per heavy atom. The molecule has 2 heterocycles. The predicted molar refractivity (Wildman–Crippen MR) is 92.3 cm³/mol. The SMILES string of the molecule is CCCc1nccc(NC(=O)N2CCCCCNS(=O)(=O)CC2)n1. The van der Waals surface area contributed by atoms with E-state index < -0.39 is 10.0 Å². The Labute approximate surface area is 143 Å². The molecule has 0 unspecified atom stereocenters. The monoisotopic (exact) mass is 355 g/mol. The van der Waals surface area contributed by atoms with Crippen molar-refractivity contribution in [3.05, 3.63) is 18.1 Å². The van der Waals surface area contributed by atoms with Crippen molar-refractivity contribution in [2.75, 3.05) is 30.7 Å². The number of nitrogens with one attached hydrogen (secondary N) is 2. The molecular formula is C15H25N5O3S. The van der Waals surface area contributed by atoms with E-state index in [1.807, 2.05) is 6.92 Å². The van der Waals surface area contributed by atoms with E-state index in [9.17, 15) is 13.2 Å². The lowest BCUT2D eigenvalue weighted by molar-refractivity contribution is 0.213. The molecule has 0 radical (unpaired) electrons. The topological polar surface area (TPSA) is 104 Å². The predicted octanol–water partition coefficient (Wildman–Crippen LogP) is 1.37. The lowest BCUT2D eigenvalue weighted by Gasteiger charge is -2.24. The molecule has 134 valence electrons. The van der Waals surface area contributed by atoms with Gasteiger partial charge in [-0.3, -0.25) is 5.32 Å². The maximum Gasteiger partial charge on any atom is 0.323 e. The molecule has 1 fully saturated rings. The second kappa shape index (κ2) is 8.93. The van der Waals surface area contributed by atoms with Gasteiger partial charge in [-0.25, -0.2) is 27.9 Å². The number of amides is 2. The van der Waals surface area contributed by atoms with Crippen LogP contribution in [0.25, 0.3) is 0 Å². The number of nitrogens with zero attached hydrogens (tertiary/aromatic N) is 3. The third kappa shape index (κ3) is 6.04. The Hall–Kier alpha value is -1.74. The molecule has 2 rings (SSSR count). The van der Waals surface area contributed by atoms with Crippen LogP contribution in [-0.2, 0) is 16.4 Å². The lowest BCUT2D eigenvalue weighted by Crippen LogP contribution is -2.42. The number of aryl methyl sites for hydroxylation is 1. The van der Waals surface area contributed by atoms with Crippen LogP contribution in [0.5, 0.6) is 0 Å². The fourth-order valence-corrected chi connectivity index (χ4v) is 3.51. The fraction of sp³-hybridized carbons (Fsp3) is 0.667. The van der Waals surface area contributed by atoms with Crippen molar-refractivity contribution in [3.63, 3.8) is 0 Å². The van der Waals surface area contributed by atoms with Crippen molar-refractivity contribution in [3.8, 4) is 0 Å². The Kier molecular flexibility index (Phi) is 6.92. The second-order valence-electron chi connectivity index (χ2n) is 5.80. The number of rotatable bonds is 3. The summed E-state index contributed by atoms with van der Waals surface area (Å²) < 4.78 is 26.2. The first kappa shape index (κ1) is 18.6. The second-order valence-corrected chi connectivity index (χ2v) is 7.73. The first-order chi connectivity index (χ1) is 11.5. The van der Waals surface area contributed by atoms with Crippen molar-refractivity contribution < 1.29 is 13.2 Å². The smallest absolute Gasteiger partial charge is 0.323 e. The van der Waals surface area contributed by atoms with Crippen molar-refractivity contribution in [2.45, 2.75) is 39.0 Å². The summed E-state index contributed by atoms with van der Waals surface area (Å²) in [5, 5.41) is 2.74. The van der Waals surface area contributed by atoms with Crippen LogP contribution < -0.4 is 10.0 Å². The van der Waals surface area contributed by atoms with Gasteiger partial charge in [-0.15, -0.1) is 0 Å². The molecule has 0 aliphatic carbocycles. The summed E-state index contributed by atoms with van der Waals surface area (Å²) in [5.41, 5.74) is 0. The summed E-state index contributed by atoms with van der Waals surface area (Å²) in [6.45, 7) is 3.20. The Balaban J connectivity index is 2.01. The summed E-state index contributed by atoms with van der Waals surface area (Å²) in [6, 6.07) is 1.31. The molecule has 0 bridgehead atoms. The number of anilines is 1. The number of sulfonamides is 1. The lowest BCUT2D eigenvalue weighted by atomic mass is 10.2. The first-order valence-corrected chi connectivity index (χ1v) is 10.0. The number of carbonyl (C=O) groups is 1. The van der Waals surface area contributed by atoms with Crippen LogP contribution in [0.1, 0.15) is 38.4 Å². The molecule has 1 aromatic rings. The third-order valence-corrected chi connectivity index (χ3v) is 5.12. The number of hydrogen-bond acceptors (Lipinski definition) is 5. The number of urea groups is 1. The average molecular weight is 355 g/mol. The molecule has 1 saturated heterocycles. The standard InChI is InChI=1S/C15H25N5O3S/c1-2-6-13-16-9-7-14(18-13)19-15(21)20-10-5-3-4-8-17-24(22,23)12-11-20/h7,9,17H,2-6,8,10-12H2,1H3,(H,16,18,19,21). The highest BCUT2D eigenvalue weighted by Crippen LogP contribution is 2.08. The highest BCUT2D eigenvalue weighted by atomic mass is 32.2. The normalized spacial score (nSPS) is 18.8. The zero-order valence-electron chi connectivity index (χ0n) is 14.0. The first-order valence-electron chi connectivity index (χ1n) is 8.35. The van der Waals surface area contributed by atoms with Crippen LogP contribution in [0.2, 0.25) is 0 Å². The van der Waals surface area contributed by atoms with Gasteiger partial charge in [-0.1, -0.05) is 13.3 Å². The summed E-state index contributed by atoms with van der Waals surface area (Å²) >= 11 is 0. The largest absolute Gasteiger partial charge is 0.323 e. The van der Waals surface area contributed by atoms with Gasteiger partial charge in [0.2, 0.25) is 10.0 Å². The van der Waals surface area contributed by atoms with E-state index in [4.69, 9.17) is 0 Å². The molecule has 0 aromatic carbocycles. The summed E-state index contributed by atoms with van der Waals surface area (Å²) in [6.07, 6.45) is 5.79. The van der Waals surface area contributed by atoms with Crippen LogP contribution in [-0.4, -0.2) is 54.7 Å². The van der Waals surface area contributed by atoms with Gasteiger partial charge in [-0.05, 0) is 25.3 Å². The van der Waals surface area contributed by atoms with Gasteiger partial charge in [0.25, 0.3) is 0 Å². The average Bonchev–Trinajstić information content (AvgIpc) is 2.54. The summed E-state index contributed by atoms with van der Waals surface area (Å²) in [7, 11) is -3.33. The Morgan fingerprint density at radius 3 is 2.96 bits per heavy atom. The van der Waals surface area contributed by atoms with E-state index in [1.165, 1.54) is 4.90 Å². The summed E-state index contributed by atoms with van der Waals surface area (Å²) in [5.74, 6) is 1.03. The molecule has 1 aromatic heterocycles. The number of aromatic nitrogens is 2. The van der Waals surface area contributed by atoms with Gasteiger partial charge >= 0.3 is 6.03 Å². The highest BCUT2D eigenvalue weighted by Gasteiger charge is 2.19. The molecule has 0 atom stereocenters. The van der Waals surface area contributed by atoms with E-state index in [2.05, 4.69) is 20.0 Å². The van der Waals surface area contributed by atoms with Crippen molar-refractivity contribution in [1.82, 2.24) is 19.6 Å². The molecule has 0 saturated carbocycles. The van der Waals surface area contributed by atoms with Crippen LogP contribution in [0.15, 0.2) is 12.3 Å². The minimum Gasteiger partial charge on any atom is -0.323 e. The summed E-state index contributed by atoms with van der Waals surface area (Å²) in [4.78, 5) is 22.4. The van der Waals surface area contributed by atoms with Gasteiger partial charge in [0.1, 0.15) is 11.6 Å². The van der Waals surface area contributed by atoms with E-state index in [0.717, 1.165) is 32.1 Å². The Morgan fingerprint density at radius 1 is 1.33 bits per heavy atom. The maximum atomic E-state index is 12.5. The molecule has 1 aliphatic heterocycles. The molecule has 2 amide bonds. The fourth-order valence-electron chi connectivity index (χ4n) is 2.45. The van der Waals surface area contributed by atoms with E-state index in [1.54, 1.807) is 12.3 Å². The molecule has 1 aliphatic rings. The van der Waals surface area contributed by atoms with Gasteiger partial charge in [0, 0.05) is 32.3 Å². The van der Waals surface area contributed by atoms with E-state index in [0.29, 0.717) is 24.7 Å². The Bertz CT molecular complexity index is 650. The molecule has 2 N–H and O–H groups in total. The highest BCUT2D eigenvalue weighted by molar-refractivity contribution is 7.89. The van der Waals surface area contributed by atoms with Crippen LogP contribution in [0, 0.1) is 0 Å². The van der Waals surface area contributed by atoms with E-state index in [-0.39, 0.29) is 18.3 Å². The number of carbonyl (C=O) groups excluding carboxylic acids is 1. The third-order valence-electron chi connectivity index (χ3n) is 3.76. The maximum absolute atomic E-state index is 12.5. The van der Waals surface area contributed by atoms with Crippen LogP contribution >= 0.6 is 0 Å². The zero-order chi connectivity index (χ0) is 17.4. The quantitative estimate of drug-likeness (QED) is 0.852. The molecule has 8 nitrogen and oxygen atoms in total. The van der Waals surface area contributed by atoms with Crippen LogP contribution in [0.4, 0.5) is 10.6 Å². The molecular weight excluding hydrogens is 330 g/mol. The van der Waals surface area contributed by atoms with Gasteiger partial charge in [0.15, 0.2) is 0 Å². The molecule has 0 spiro atoms. The van der Waals surface area contributed by atoms with Gasteiger partial charge in [-0.2, -0.15) is 0 Å².